The largest absolute Gasteiger partial charge is 0.421 e. The van der Waals surface area contributed by atoms with Gasteiger partial charge in [0.1, 0.15) is 0 Å². The number of rotatable bonds is 8. The van der Waals surface area contributed by atoms with Gasteiger partial charge in [0, 0.05) is 30.8 Å². The van der Waals surface area contributed by atoms with Crippen molar-refractivity contribution in [3.05, 3.63) is 66.1 Å². The molecule has 2 atom stereocenters. The van der Waals surface area contributed by atoms with Crippen LogP contribution in [0, 0.1) is 6.92 Å². The molecule has 0 bridgehead atoms. The van der Waals surface area contributed by atoms with Gasteiger partial charge >= 0.3 is 0 Å². The van der Waals surface area contributed by atoms with E-state index in [1.54, 1.807) is 6.92 Å². The standard InChI is InChI=1S/C27H34N4O4S/c1-19-28-29-27(35-19)22-8-12-23(13-9-22)31-17-16-25(30-36(2,32)33)26(31)18-34-24-14-10-21(11-15-24)20-6-4-3-5-7-20/h3-9,12-13,21,24-26,30H,10-11,14-18H2,1-2H3/t21?,24?,25-,26?/m0/s1. The number of hydrogen-bond acceptors (Lipinski definition) is 7. The molecule has 2 heterocycles. The first-order valence-electron chi connectivity index (χ1n) is 12.7. The zero-order chi connectivity index (χ0) is 25.1. The highest BCUT2D eigenvalue weighted by atomic mass is 32.2. The van der Waals surface area contributed by atoms with Gasteiger partial charge in [-0.25, -0.2) is 13.1 Å². The van der Waals surface area contributed by atoms with Crippen LogP contribution in [0.15, 0.2) is 59.0 Å². The molecule has 0 amide bonds. The molecule has 8 nitrogen and oxygen atoms in total. The smallest absolute Gasteiger partial charge is 0.247 e. The monoisotopic (exact) mass is 510 g/mol. The Balaban J connectivity index is 1.25. The molecule has 1 N–H and O–H groups in total. The van der Waals surface area contributed by atoms with Gasteiger partial charge in [-0.2, -0.15) is 0 Å². The van der Waals surface area contributed by atoms with E-state index in [4.69, 9.17) is 9.15 Å². The lowest BCUT2D eigenvalue weighted by atomic mass is 9.83. The average Bonchev–Trinajstić information content (AvgIpc) is 3.48. The number of hydrogen-bond donors (Lipinski definition) is 1. The van der Waals surface area contributed by atoms with E-state index in [1.807, 2.05) is 24.3 Å². The molecule has 9 heteroatoms. The van der Waals surface area contributed by atoms with Crippen LogP contribution in [0.3, 0.4) is 0 Å². The molecular weight excluding hydrogens is 476 g/mol. The zero-order valence-electron chi connectivity index (χ0n) is 20.8. The maximum atomic E-state index is 12.1. The molecule has 1 saturated heterocycles. The van der Waals surface area contributed by atoms with Crippen LogP contribution in [0.5, 0.6) is 0 Å². The number of nitrogens with zero attached hydrogens (tertiary/aromatic N) is 3. The maximum Gasteiger partial charge on any atom is 0.247 e. The van der Waals surface area contributed by atoms with E-state index in [0.29, 0.717) is 24.3 Å². The number of benzene rings is 2. The van der Waals surface area contributed by atoms with E-state index in [9.17, 15) is 8.42 Å². The highest BCUT2D eigenvalue weighted by Crippen LogP contribution is 2.35. The van der Waals surface area contributed by atoms with E-state index >= 15 is 0 Å². The van der Waals surface area contributed by atoms with Crippen molar-refractivity contribution in [2.24, 2.45) is 0 Å². The van der Waals surface area contributed by atoms with Crippen molar-refractivity contribution in [1.29, 1.82) is 0 Å². The fourth-order valence-corrected chi connectivity index (χ4v) is 6.35. The third kappa shape index (κ3) is 5.96. The molecule has 1 aromatic heterocycles. The number of sulfonamides is 1. The van der Waals surface area contributed by atoms with Crippen molar-refractivity contribution >= 4 is 15.7 Å². The summed E-state index contributed by atoms with van der Waals surface area (Å²) in [7, 11) is -3.33. The maximum absolute atomic E-state index is 12.1. The molecule has 5 rings (SSSR count). The Morgan fingerprint density at radius 3 is 2.36 bits per heavy atom. The Kier molecular flexibility index (Phi) is 7.41. The molecule has 36 heavy (non-hydrogen) atoms. The van der Waals surface area contributed by atoms with Gasteiger partial charge in [0.05, 0.1) is 25.0 Å². The summed E-state index contributed by atoms with van der Waals surface area (Å²) in [5.41, 5.74) is 3.29. The van der Waals surface area contributed by atoms with E-state index in [2.05, 4.69) is 50.2 Å². The third-order valence-electron chi connectivity index (χ3n) is 7.33. The minimum atomic E-state index is -3.33. The number of ether oxygens (including phenoxy) is 1. The van der Waals surface area contributed by atoms with Crippen molar-refractivity contribution in [3.8, 4) is 11.5 Å². The minimum Gasteiger partial charge on any atom is -0.421 e. The summed E-state index contributed by atoms with van der Waals surface area (Å²) in [5, 5.41) is 7.99. The van der Waals surface area contributed by atoms with Crippen LogP contribution in [0.2, 0.25) is 0 Å². The molecule has 1 aliphatic heterocycles. The molecule has 0 spiro atoms. The quantitative estimate of drug-likeness (QED) is 0.483. The highest BCUT2D eigenvalue weighted by Gasteiger charge is 2.37. The van der Waals surface area contributed by atoms with Gasteiger partial charge in [-0.1, -0.05) is 30.3 Å². The minimum absolute atomic E-state index is 0.0805. The molecule has 1 saturated carbocycles. The second kappa shape index (κ2) is 10.7. The second-order valence-corrected chi connectivity index (χ2v) is 11.7. The van der Waals surface area contributed by atoms with Gasteiger partial charge < -0.3 is 14.1 Å². The van der Waals surface area contributed by atoms with Gasteiger partial charge in [0.2, 0.25) is 21.8 Å². The molecule has 1 aliphatic carbocycles. The lowest BCUT2D eigenvalue weighted by Gasteiger charge is -2.33. The fraction of sp³-hybridized carbons (Fsp3) is 0.481. The molecule has 0 radical (unpaired) electrons. The second-order valence-electron chi connectivity index (χ2n) is 9.94. The number of aryl methyl sites for hydroxylation is 1. The van der Waals surface area contributed by atoms with E-state index < -0.39 is 10.0 Å². The SMILES string of the molecule is Cc1nnc(-c2ccc(N3CC[C@H](NS(C)(=O)=O)C3COC3CCC(c4ccccc4)CC3)cc2)o1. The number of aromatic nitrogens is 2. The van der Waals surface area contributed by atoms with Crippen LogP contribution in [-0.2, 0) is 14.8 Å². The molecule has 2 aliphatic rings. The van der Waals surface area contributed by atoms with Crippen LogP contribution in [0.25, 0.3) is 11.5 Å². The highest BCUT2D eigenvalue weighted by molar-refractivity contribution is 7.88. The third-order valence-corrected chi connectivity index (χ3v) is 8.06. The van der Waals surface area contributed by atoms with Crippen molar-refractivity contribution in [1.82, 2.24) is 14.9 Å². The Labute approximate surface area is 213 Å². The fourth-order valence-electron chi connectivity index (χ4n) is 5.52. The summed E-state index contributed by atoms with van der Waals surface area (Å²) in [6.07, 6.45) is 6.43. The first kappa shape index (κ1) is 24.9. The molecule has 1 unspecified atom stereocenters. The van der Waals surface area contributed by atoms with Crippen LogP contribution >= 0.6 is 0 Å². The molecule has 2 fully saturated rings. The van der Waals surface area contributed by atoms with Crippen LogP contribution in [-0.4, -0.2) is 56.2 Å². The topological polar surface area (TPSA) is 97.6 Å². The molecule has 2 aromatic carbocycles. The van der Waals surface area contributed by atoms with Crippen LogP contribution in [0.4, 0.5) is 5.69 Å². The first-order valence-corrected chi connectivity index (χ1v) is 14.6. The van der Waals surface area contributed by atoms with Gasteiger partial charge in [0.25, 0.3) is 0 Å². The van der Waals surface area contributed by atoms with Crippen molar-refractivity contribution in [3.63, 3.8) is 0 Å². The summed E-state index contributed by atoms with van der Waals surface area (Å²) in [6, 6.07) is 18.4. The van der Waals surface area contributed by atoms with Crippen LogP contribution < -0.4 is 9.62 Å². The molecule has 192 valence electrons. The summed E-state index contributed by atoms with van der Waals surface area (Å²) >= 11 is 0. The van der Waals surface area contributed by atoms with Crippen molar-refractivity contribution < 1.29 is 17.6 Å². The van der Waals surface area contributed by atoms with Gasteiger partial charge in [-0.05, 0) is 67.9 Å². The Morgan fingerprint density at radius 2 is 1.72 bits per heavy atom. The molecule has 3 aromatic rings. The number of nitrogens with one attached hydrogen (secondary N) is 1. The summed E-state index contributed by atoms with van der Waals surface area (Å²) in [5.74, 6) is 1.61. The zero-order valence-corrected chi connectivity index (χ0v) is 21.7. The van der Waals surface area contributed by atoms with E-state index in [0.717, 1.165) is 49.9 Å². The molecular formula is C27H34N4O4S. The van der Waals surface area contributed by atoms with Gasteiger partial charge in [-0.15, -0.1) is 10.2 Å². The number of anilines is 1. The average molecular weight is 511 g/mol. The van der Waals surface area contributed by atoms with Gasteiger partial charge in [-0.3, -0.25) is 0 Å². The summed E-state index contributed by atoms with van der Waals surface area (Å²) in [6.45, 7) is 3.00. The van der Waals surface area contributed by atoms with Crippen molar-refractivity contribution in [2.75, 3.05) is 24.3 Å². The van der Waals surface area contributed by atoms with Gasteiger partial charge in [0.15, 0.2) is 0 Å². The Bertz CT molecular complexity index is 1240. The van der Waals surface area contributed by atoms with E-state index in [1.165, 1.54) is 11.8 Å². The predicted octanol–water partition coefficient (Wildman–Crippen LogP) is 4.28. The lowest BCUT2D eigenvalue weighted by molar-refractivity contribution is 0.0157. The first-order chi connectivity index (χ1) is 17.4. The Morgan fingerprint density at radius 1 is 1.00 bits per heavy atom. The Hall–Kier alpha value is -2.75. The summed E-state index contributed by atoms with van der Waals surface area (Å²) in [4.78, 5) is 2.25. The lowest BCUT2D eigenvalue weighted by Crippen LogP contribution is -2.48. The van der Waals surface area contributed by atoms with E-state index in [-0.39, 0.29) is 18.2 Å². The normalized spacial score (nSPS) is 24.8. The predicted molar refractivity (Wildman–Crippen MR) is 139 cm³/mol. The van der Waals surface area contributed by atoms with Crippen molar-refractivity contribution in [2.45, 2.75) is 63.1 Å². The summed E-state index contributed by atoms with van der Waals surface area (Å²) < 4.78 is 38.9. The van der Waals surface area contributed by atoms with Crippen LogP contribution in [0.1, 0.15) is 49.5 Å².